The van der Waals surface area contributed by atoms with Crippen molar-refractivity contribution in [3.63, 3.8) is 0 Å². The number of carbonyl (C=O) groups excluding carboxylic acids is 1. The predicted molar refractivity (Wildman–Crippen MR) is 147 cm³/mol. The van der Waals surface area contributed by atoms with Crippen LogP contribution < -0.4 is 10.1 Å². The van der Waals surface area contributed by atoms with Crippen LogP contribution in [0.1, 0.15) is 86.6 Å². The average molecular weight is 512 g/mol. The second kappa shape index (κ2) is 10.1. The van der Waals surface area contributed by atoms with Gasteiger partial charge in [0.15, 0.2) is 5.79 Å². The summed E-state index contributed by atoms with van der Waals surface area (Å²) in [6.45, 7) is 16.9. The highest BCUT2D eigenvalue weighted by Gasteiger charge is 2.43. The quantitative estimate of drug-likeness (QED) is 0.466. The van der Waals surface area contributed by atoms with Crippen molar-refractivity contribution in [1.82, 2.24) is 5.32 Å². The molecule has 0 atom stereocenters. The number of hydrogen-bond acceptors (Lipinski definition) is 5. The summed E-state index contributed by atoms with van der Waals surface area (Å²) < 4.78 is 24.0. The van der Waals surface area contributed by atoms with E-state index in [0.717, 1.165) is 40.8 Å². The van der Waals surface area contributed by atoms with Gasteiger partial charge in [0.05, 0.1) is 19.3 Å². The third-order valence-corrected chi connectivity index (χ3v) is 7.64. The first-order chi connectivity index (χ1) is 17.1. The van der Waals surface area contributed by atoms with Crippen LogP contribution in [0.25, 0.3) is 10.8 Å². The Hall–Kier alpha value is -2.31. The van der Waals surface area contributed by atoms with Crippen LogP contribution in [0, 0.1) is 11.3 Å². The van der Waals surface area contributed by atoms with Gasteiger partial charge < -0.3 is 24.3 Å². The molecule has 1 N–H and O–H groups in total. The van der Waals surface area contributed by atoms with Crippen molar-refractivity contribution in [2.75, 3.05) is 13.2 Å². The van der Waals surface area contributed by atoms with Crippen molar-refractivity contribution in [2.24, 2.45) is 11.3 Å². The molecule has 2 aromatic carbocycles. The van der Waals surface area contributed by atoms with Gasteiger partial charge in [-0.1, -0.05) is 39.0 Å². The SMILES string of the molecule is CC(C)(C)OC(=O)NC1(c2ccc3cc(O[C@H]4CC[C@H](C(C)(C)C)CC4)ccc3c2)COC(C)(C)OC1. The first kappa shape index (κ1) is 27.7. The first-order valence-electron chi connectivity index (χ1n) is 13.6. The van der Waals surface area contributed by atoms with Gasteiger partial charge >= 0.3 is 6.09 Å². The van der Waals surface area contributed by atoms with Crippen molar-refractivity contribution in [3.05, 3.63) is 42.0 Å². The van der Waals surface area contributed by atoms with Crippen LogP contribution in [0.5, 0.6) is 5.75 Å². The van der Waals surface area contributed by atoms with Crippen LogP contribution in [0.3, 0.4) is 0 Å². The second-order valence-electron chi connectivity index (χ2n) is 13.4. The lowest BCUT2D eigenvalue weighted by Gasteiger charge is -2.44. The number of rotatable bonds is 4. The molecule has 1 aliphatic heterocycles. The molecule has 1 saturated carbocycles. The molecule has 1 saturated heterocycles. The van der Waals surface area contributed by atoms with Crippen molar-refractivity contribution < 1.29 is 23.7 Å². The van der Waals surface area contributed by atoms with Crippen LogP contribution in [0.4, 0.5) is 4.79 Å². The molecule has 204 valence electrons. The molecule has 4 rings (SSSR count). The molecule has 1 amide bonds. The molecule has 0 bridgehead atoms. The van der Waals surface area contributed by atoms with Crippen molar-refractivity contribution in [2.45, 2.75) is 104 Å². The summed E-state index contributed by atoms with van der Waals surface area (Å²) >= 11 is 0. The van der Waals surface area contributed by atoms with Gasteiger partial charge in [0.1, 0.15) is 16.9 Å². The maximum Gasteiger partial charge on any atom is 0.408 e. The summed E-state index contributed by atoms with van der Waals surface area (Å²) in [5.74, 6) is 0.961. The molecule has 0 radical (unpaired) electrons. The van der Waals surface area contributed by atoms with Gasteiger partial charge in [-0.3, -0.25) is 0 Å². The Morgan fingerprint density at radius 2 is 1.49 bits per heavy atom. The van der Waals surface area contributed by atoms with Crippen molar-refractivity contribution in [1.29, 1.82) is 0 Å². The first-order valence-corrected chi connectivity index (χ1v) is 13.6. The molecule has 0 aromatic heterocycles. The number of ether oxygens (including phenoxy) is 4. The lowest BCUT2D eigenvalue weighted by atomic mass is 9.72. The summed E-state index contributed by atoms with van der Waals surface area (Å²) in [6.07, 6.45) is 4.43. The van der Waals surface area contributed by atoms with Crippen LogP contribution >= 0.6 is 0 Å². The zero-order valence-electron chi connectivity index (χ0n) is 23.9. The number of amides is 1. The van der Waals surface area contributed by atoms with Gasteiger partial charge in [-0.05, 0) is 106 Å². The lowest BCUT2D eigenvalue weighted by Crippen LogP contribution is -2.59. The van der Waals surface area contributed by atoms with Gasteiger partial charge in [0, 0.05) is 0 Å². The Balaban J connectivity index is 1.52. The van der Waals surface area contributed by atoms with E-state index < -0.39 is 23.0 Å². The molecule has 2 aromatic rings. The monoisotopic (exact) mass is 511 g/mol. The molecule has 1 heterocycles. The van der Waals surface area contributed by atoms with E-state index >= 15 is 0 Å². The maximum absolute atomic E-state index is 12.8. The Kier molecular flexibility index (Phi) is 7.57. The topological polar surface area (TPSA) is 66.0 Å². The van der Waals surface area contributed by atoms with Gasteiger partial charge in [-0.15, -0.1) is 0 Å². The summed E-state index contributed by atoms with van der Waals surface area (Å²) in [5.41, 5.74) is -0.180. The lowest BCUT2D eigenvalue weighted by molar-refractivity contribution is -0.272. The third-order valence-electron chi connectivity index (χ3n) is 7.64. The zero-order chi connectivity index (χ0) is 27.1. The molecule has 6 nitrogen and oxygen atoms in total. The fourth-order valence-electron chi connectivity index (χ4n) is 5.32. The standard InChI is InChI=1S/C31H45NO5/c1-28(2,3)23-12-15-25(16-13-23)36-26-14-10-21-17-24(11-9-22(21)18-26)31(19-34-30(7,8)35-20-31)32-27(33)37-29(4,5)6/h9-11,14,17-18,23,25H,12-13,15-16,19-20H2,1-8H3,(H,32,33)/t23-,25-. The highest BCUT2D eigenvalue weighted by atomic mass is 16.7. The molecule has 0 spiro atoms. The van der Waals surface area contributed by atoms with Crippen molar-refractivity contribution >= 4 is 16.9 Å². The number of alkyl carbamates (subject to hydrolysis) is 1. The van der Waals surface area contributed by atoms with E-state index in [0.29, 0.717) is 5.41 Å². The fraction of sp³-hybridized carbons (Fsp3) is 0.645. The Labute approximate surface area is 222 Å². The number of fused-ring (bicyclic) bond motifs is 1. The highest BCUT2D eigenvalue weighted by molar-refractivity contribution is 5.85. The van der Waals surface area contributed by atoms with E-state index in [4.69, 9.17) is 18.9 Å². The predicted octanol–water partition coefficient (Wildman–Crippen LogP) is 7.33. The molecule has 37 heavy (non-hydrogen) atoms. The fourth-order valence-corrected chi connectivity index (χ4v) is 5.32. The minimum absolute atomic E-state index is 0.275. The molecule has 0 unspecified atom stereocenters. The largest absolute Gasteiger partial charge is 0.490 e. The Morgan fingerprint density at radius 3 is 2.08 bits per heavy atom. The summed E-state index contributed by atoms with van der Waals surface area (Å²) in [7, 11) is 0. The van der Waals surface area contributed by atoms with Gasteiger partial charge in [-0.2, -0.15) is 0 Å². The van der Waals surface area contributed by atoms with Crippen molar-refractivity contribution in [3.8, 4) is 5.75 Å². The molecule has 2 aliphatic rings. The van der Waals surface area contributed by atoms with Crippen LogP contribution in [-0.4, -0.2) is 36.8 Å². The number of nitrogens with one attached hydrogen (secondary N) is 1. The second-order valence-corrected chi connectivity index (χ2v) is 13.4. The highest BCUT2D eigenvalue weighted by Crippen LogP contribution is 2.39. The number of benzene rings is 2. The van der Waals surface area contributed by atoms with E-state index in [2.05, 4.69) is 50.4 Å². The van der Waals surface area contributed by atoms with Gasteiger partial charge in [0.25, 0.3) is 0 Å². The summed E-state index contributed by atoms with van der Waals surface area (Å²) in [6, 6.07) is 12.4. The average Bonchev–Trinajstić information content (AvgIpc) is 2.79. The molecule has 1 aliphatic carbocycles. The molecule has 6 heteroatoms. The van der Waals surface area contributed by atoms with Crippen LogP contribution in [0.2, 0.25) is 0 Å². The van der Waals surface area contributed by atoms with E-state index in [-0.39, 0.29) is 19.3 Å². The normalized spacial score (nSPS) is 23.9. The van der Waals surface area contributed by atoms with Crippen LogP contribution in [0.15, 0.2) is 36.4 Å². The third kappa shape index (κ3) is 6.97. The van der Waals surface area contributed by atoms with Gasteiger partial charge in [0.2, 0.25) is 0 Å². The van der Waals surface area contributed by atoms with Crippen LogP contribution in [-0.2, 0) is 19.7 Å². The Morgan fingerprint density at radius 1 is 0.892 bits per heavy atom. The number of carbonyl (C=O) groups is 1. The minimum atomic E-state index is -0.854. The zero-order valence-corrected chi connectivity index (χ0v) is 23.9. The smallest absolute Gasteiger partial charge is 0.408 e. The van der Waals surface area contributed by atoms with E-state index in [9.17, 15) is 4.79 Å². The summed E-state index contributed by atoms with van der Waals surface area (Å²) in [5, 5.41) is 5.21. The minimum Gasteiger partial charge on any atom is -0.490 e. The summed E-state index contributed by atoms with van der Waals surface area (Å²) in [4.78, 5) is 12.8. The van der Waals surface area contributed by atoms with E-state index in [1.807, 2.05) is 46.8 Å². The molecule has 2 fully saturated rings. The van der Waals surface area contributed by atoms with E-state index in [1.165, 1.54) is 12.8 Å². The number of hydrogen-bond donors (Lipinski definition) is 1. The Bertz CT molecular complexity index is 1090. The van der Waals surface area contributed by atoms with Gasteiger partial charge in [-0.25, -0.2) is 4.79 Å². The van der Waals surface area contributed by atoms with E-state index in [1.54, 1.807) is 0 Å². The molecular formula is C31H45NO5. The maximum atomic E-state index is 12.8. The molecular weight excluding hydrogens is 466 g/mol.